The summed E-state index contributed by atoms with van der Waals surface area (Å²) in [5.41, 5.74) is 3.12. The normalized spacial score (nSPS) is 10.9. The Morgan fingerprint density at radius 2 is 1.03 bits per heavy atom. The first-order chi connectivity index (χ1) is 14.9. The molecule has 0 aliphatic heterocycles. The van der Waals surface area contributed by atoms with Crippen molar-refractivity contribution in [1.29, 1.82) is 0 Å². The summed E-state index contributed by atoms with van der Waals surface area (Å²) in [7, 11) is 1.63. The minimum Gasteiger partial charge on any atom is -0.490 e. The highest BCUT2D eigenvalue weighted by atomic mass is 19.4. The average molecular weight is 440 g/mol. The fourth-order valence-corrected chi connectivity index (χ4v) is 3.28. The maximum absolute atomic E-state index is 12.7. The van der Waals surface area contributed by atoms with Crippen molar-refractivity contribution < 1.29 is 31.8 Å². The molecule has 0 saturated heterocycles. The second kappa shape index (κ2) is 9.51. The number of nitrogens with zero attached hydrogens (tertiary/aromatic N) is 2. The molecule has 2 aromatic carbocycles. The van der Waals surface area contributed by atoms with Crippen LogP contribution in [0.15, 0.2) is 97.6 Å². The minimum atomic E-state index is -4.75. The van der Waals surface area contributed by atoms with E-state index in [0.29, 0.717) is 5.69 Å². The molecule has 4 nitrogen and oxygen atoms in total. The molecule has 0 amide bonds. The van der Waals surface area contributed by atoms with E-state index in [9.17, 15) is 13.2 Å². The summed E-state index contributed by atoms with van der Waals surface area (Å²) in [6.45, 7) is 0. The Morgan fingerprint density at radius 1 is 0.625 bits per heavy atom. The molecular weight excluding hydrogens is 417 g/mol. The van der Waals surface area contributed by atoms with Gasteiger partial charge in [0.1, 0.15) is 0 Å². The molecule has 0 N–H and O–H groups in total. The molecule has 7 heteroatoms. The van der Waals surface area contributed by atoms with Gasteiger partial charge in [0.15, 0.2) is 30.5 Å². The van der Waals surface area contributed by atoms with E-state index >= 15 is 0 Å². The summed E-state index contributed by atoms with van der Waals surface area (Å²) in [6, 6.07) is 21.3. The first-order valence-corrected chi connectivity index (χ1v) is 9.46. The van der Waals surface area contributed by atoms with Gasteiger partial charge in [-0.2, -0.15) is 9.13 Å². The molecule has 0 aliphatic carbocycles. The van der Waals surface area contributed by atoms with Gasteiger partial charge in [0.05, 0.1) is 7.11 Å². The lowest BCUT2D eigenvalue weighted by atomic mass is 10.1. The van der Waals surface area contributed by atoms with Gasteiger partial charge in [-0.15, -0.1) is 13.2 Å². The van der Waals surface area contributed by atoms with Crippen LogP contribution in [0.2, 0.25) is 0 Å². The van der Waals surface area contributed by atoms with Crippen LogP contribution in [-0.2, 0) is 0 Å². The van der Waals surface area contributed by atoms with E-state index in [1.165, 1.54) is 12.1 Å². The summed E-state index contributed by atoms with van der Waals surface area (Å²) in [5.74, 6) is 0.506. The predicted octanol–water partition coefficient (Wildman–Crippen LogP) is 5.45. The SMILES string of the molecule is C.COc1ccccc1-[n+]1ccc(-c2cc[n+](-c3ccccc3OC(F)(F)F)cc2)cc1. The molecule has 0 atom stereocenters. The molecule has 0 spiro atoms. The number of hydrogen-bond acceptors (Lipinski definition) is 2. The van der Waals surface area contributed by atoms with Crippen LogP contribution in [0.5, 0.6) is 11.5 Å². The zero-order valence-electron chi connectivity index (χ0n) is 16.6. The molecule has 0 aliphatic rings. The largest absolute Gasteiger partial charge is 0.573 e. The third-order valence-electron chi connectivity index (χ3n) is 4.72. The van der Waals surface area contributed by atoms with Gasteiger partial charge in [0, 0.05) is 36.4 Å². The number of alkyl halides is 3. The van der Waals surface area contributed by atoms with Crippen molar-refractivity contribution in [3.8, 4) is 34.0 Å². The third-order valence-corrected chi connectivity index (χ3v) is 4.72. The van der Waals surface area contributed by atoms with Crippen molar-refractivity contribution >= 4 is 0 Å². The Morgan fingerprint density at radius 3 is 1.47 bits per heavy atom. The number of aromatic nitrogens is 2. The van der Waals surface area contributed by atoms with Crippen LogP contribution >= 0.6 is 0 Å². The number of ether oxygens (including phenoxy) is 2. The van der Waals surface area contributed by atoms with Gasteiger partial charge in [-0.1, -0.05) is 31.7 Å². The number of halogens is 3. The number of para-hydroxylation sites is 4. The minimum absolute atomic E-state index is 0. The second-order valence-corrected chi connectivity index (χ2v) is 6.68. The summed E-state index contributed by atoms with van der Waals surface area (Å²) in [4.78, 5) is 0. The van der Waals surface area contributed by atoms with Gasteiger partial charge in [-0.05, 0) is 23.3 Å². The van der Waals surface area contributed by atoms with Crippen LogP contribution in [0.25, 0.3) is 22.5 Å². The van der Waals surface area contributed by atoms with E-state index in [2.05, 4.69) is 4.74 Å². The quantitative estimate of drug-likeness (QED) is 0.386. The monoisotopic (exact) mass is 440 g/mol. The number of rotatable bonds is 5. The fourth-order valence-electron chi connectivity index (χ4n) is 3.28. The second-order valence-electron chi connectivity index (χ2n) is 6.68. The highest BCUT2D eigenvalue weighted by molar-refractivity contribution is 5.61. The highest BCUT2D eigenvalue weighted by Crippen LogP contribution is 2.26. The van der Waals surface area contributed by atoms with Crippen LogP contribution in [0.4, 0.5) is 13.2 Å². The first-order valence-electron chi connectivity index (χ1n) is 9.46. The van der Waals surface area contributed by atoms with Crippen molar-refractivity contribution in [2.24, 2.45) is 0 Å². The number of pyridine rings is 2. The Bertz CT molecular complexity index is 1170. The predicted molar refractivity (Wildman–Crippen MR) is 115 cm³/mol. The van der Waals surface area contributed by atoms with Gasteiger partial charge >= 0.3 is 6.36 Å². The molecule has 0 bridgehead atoms. The lowest BCUT2D eigenvalue weighted by Crippen LogP contribution is -2.31. The van der Waals surface area contributed by atoms with Crippen LogP contribution in [0, 0.1) is 0 Å². The average Bonchev–Trinajstić information content (AvgIpc) is 2.79. The standard InChI is InChI=1S/C24H19F3N2O2.CH4/c1-30-22-8-4-2-6-20(22)28-14-10-18(11-15-28)19-12-16-29(17-13-19)21-7-3-5-9-23(21)31-24(25,26)27;/h2-17H,1H3;1H4/q+2;. The smallest absolute Gasteiger partial charge is 0.490 e. The fraction of sp³-hybridized carbons (Fsp3) is 0.120. The molecule has 0 saturated carbocycles. The number of hydrogen-bond donors (Lipinski definition) is 0. The highest BCUT2D eigenvalue weighted by Gasteiger charge is 2.33. The van der Waals surface area contributed by atoms with Gasteiger partial charge in [0.2, 0.25) is 5.75 Å². The first kappa shape index (κ1) is 22.8. The van der Waals surface area contributed by atoms with Gasteiger partial charge < -0.3 is 9.47 Å². The topological polar surface area (TPSA) is 26.2 Å². The van der Waals surface area contributed by atoms with E-state index in [1.54, 1.807) is 36.2 Å². The van der Waals surface area contributed by atoms with Crippen LogP contribution in [-0.4, -0.2) is 13.5 Å². The molecular formula is C25H23F3N2O2+2. The van der Waals surface area contributed by atoms with Crippen LogP contribution in [0.1, 0.15) is 7.43 Å². The van der Waals surface area contributed by atoms with Gasteiger partial charge in [-0.3, -0.25) is 0 Å². The van der Waals surface area contributed by atoms with E-state index in [-0.39, 0.29) is 13.2 Å². The zero-order valence-corrected chi connectivity index (χ0v) is 16.6. The van der Waals surface area contributed by atoms with Crippen molar-refractivity contribution in [2.45, 2.75) is 13.8 Å². The summed E-state index contributed by atoms with van der Waals surface area (Å²) < 4.78 is 51.1. The van der Waals surface area contributed by atoms with Crippen LogP contribution in [0.3, 0.4) is 0 Å². The molecule has 2 heterocycles. The lowest BCUT2D eigenvalue weighted by Gasteiger charge is -2.09. The van der Waals surface area contributed by atoms with Crippen molar-refractivity contribution in [1.82, 2.24) is 0 Å². The summed E-state index contributed by atoms with van der Waals surface area (Å²) in [6.07, 6.45) is 2.52. The van der Waals surface area contributed by atoms with E-state index in [0.717, 1.165) is 22.6 Å². The van der Waals surface area contributed by atoms with Gasteiger partial charge in [0.25, 0.3) is 11.4 Å². The van der Waals surface area contributed by atoms with Crippen LogP contribution < -0.4 is 18.6 Å². The van der Waals surface area contributed by atoms with E-state index in [1.807, 2.05) is 65.5 Å². The third kappa shape index (κ3) is 5.06. The van der Waals surface area contributed by atoms with Crippen molar-refractivity contribution in [3.63, 3.8) is 0 Å². The lowest BCUT2D eigenvalue weighted by molar-refractivity contribution is -0.596. The van der Waals surface area contributed by atoms with Crippen molar-refractivity contribution in [2.75, 3.05) is 7.11 Å². The molecule has 0 unspecified atom stereocenters. The molecule has 0 fully saturated rings. The Labute approximate surface area is 184 Å². The van der Waals surface area contributed by atoms with E-state index < -0.39 is 6.36 Å². The zero-order chi connectivity index (χ0) is 21.8. The number of methoxy groups -OCH3 is 1. The molecule has 32 heavy (non-hydrogen) atoms. The Hall–Kier alpha value is -3.87. The molecule has 2 aromatic heterocycles. The Kier molecular flexibility index (Phi) is 6.78. The summed E-state index contributed by atoms with van der Waals surface area (Å²) in [5, 5.41) is 0. The van der Waals surface area contributed by atoms with Crippen molar-refractivity contribution in [3.05, 3.63) is 97.6 Å². The molecule has 4 aromatic rings. The molecule has 4 rings (SSSR count). The summed E-state index contributed by atoms with van der Waals surface area (Å²) >= 11 is 0. The van der Waals surface area contributed by atoms with Gasteiger partial charge in [-0.25, -0.2) is 0 Å². The molecule has 164 valence electrons. The van der Waals surface area contributed by atoms with E-state index in [4.69, 9.17) is 4.74 Å². The maximum atomic E-state index is 12.7. The Balaban J connectivity index is 0.00000289. The molecule has 0 radical (unpaired) electrons. The maximum Gasteiger partial charge on any atom is 0.573 e. The number of benzene rings is 2.